The Morgan fingerprint density at radius 3 is 3.11 bits per heavy atom. The van der Waals surface area contributed by atoms with E-state index in [1.807, 2.05) is 5.38 Å². The van der Waals surface area contributed by atoms with Gasteiger partial charge in [0.25, 0.3) is 0 Å². The van der Waals surface area contributed by atoms with Crippen LogP contribution < -0.4 is 11.0 Å². The molecule has 1 atom stereocenters. The maximum atomic E-state index is 11.5. The van der Waals surface area contributed by atoms with Crippen LogP contribution in [0.25, 0.3) is 5.65 Å². The lowest BCUT2D eigenvalue weighted by Gasteiger charge is -2.13. The van der Waals surface area contributed by atoms with E-state index in [1.54, 1.807) is 24.3 Å². The van der Waals surface area contributed by atoms with E-state index in [2.05, 4.69) is 38.9 Å². The number of hydrogen-bond donors (Lipinski definition) is 2. The molecule has 2 N–H and O–H groups in total. The van der Waals surface area contributed by atoms with Gasteiger partial charge in [0.2, 0.25) is 0 Å². The van der Waals surface area contributed by atoms with Gasteiger partial charge in [0.15, 0.2) is 5.65 Å². The molecule has 0 amide bonds. The highest BCUT2D eigenvalue weighted by molar-refractivity contribution is 7.07. The fourth-order valence-corrected chi connectivity index (χ4v) is 2.75. The zero-order chi connectivity index (χ0) is 13.4. The third kappa shape index (κ3) is 2.12. The van der Waals surface area contributed by atoms with E-state index in [0.29, 0.717) is 17.3 Å². The fourth-order valence-electron chi connectivity index (χ4n) is 2.00. The van der Waals surface area contributed by atoms with Gasteiger partial charge in [0, 0.05) is 6.07 Å². The number of hydrogen-bond acceptors (Lipinski definition) is 5. The van der Waals surface area contributed by atoms with E-state index >= 15 is 0 Å². The van der Waals surface area contributed by atoms with E-state index in [4.69, 9.17) is 0 Å². The van der Waals surface area contributed by atoms with E-state index in [9.17, 15) is 4.79 Å². The third-order valence-electron chi connectivity index (χ3n) is 2.98. The van der Waals surface area contributed by atoms with Crippen molar-refractivity contribution in [3.8, 4) is 0 Å². The van der Waals surface area contributed by atoms with Crippen molar-refractivity contribution in [2.75, 3.05) is 5.32 Å². The molecule has 3 aromatic rings. The topological polar surface area (TPSA) is 75.1 Å². The van der Waals surface area contributed by atoms with Crippen LogP contribution in [0.15, 0.2) is 27.7 Å². The number of aromatic nitrogens is 4. The number of thiophene rings is 1. The van der Waals surface area contributed by atoms with Crippen LogP contribution in [0, 0.1) is 6.92 Å². The maximum Gasteiger partial charge on any atom is 0.349 e. The average molecular weight is 275 g/mol. The van der Waals surface area contributed by atoms with Crippen LogP contribution in [0.3, 0.4) is 0 Å². The van der Waals surface area contributed by atoms with Gasteiger partial charge in [-0.1, -0.05) is 0 Å². The van der Waals surface area contributed by atoms with Crippen LogP contribution in [0.4, 0.5) is 5.82 Å². The Bertz CT molecular complexity index is 758. The van der Waals surface area contributed by atoms with Crippen molar-refractivity contribution in [3.63, 3.8) is 0 Å². The van der Waals surface area contributed by atoms with Gasteiger partial charge in [-0.3, -0.25) is 0 Å². The molecule has 3 heterocycles. The molecule has 98 valence electrons. The number of fused-ring (bicyclic) bond motifs is 1. The Morgan fingerprint density at radius 2 is 2.37 bits per heavy atom. The first kappa shape index (κ1) is 11.9. The van der Waals surface area contributed by atoms with Crippen LogP contribution in [-0.4, -0.2) is 19.6 Å². The second kappa shape index (κ2) is 4.51. The number of nitrogens with zero attached hydrogens (tertiary/aromatic N) is 3. The summed E-state index contributed by atoms with van der Waals surface area (Å²) in [5.41, 5.74) is 1.51. The molecule has 3 aromatic heterocycles. The number of rotatable bonds is 3. The van der Waals surface area contributed by atoms with E-state index in [1.165, 1.54) is 9.96 Å². The molecule has 0 aliphatic carbocycles. The molecule has 0 aliphatic rings. The lowest BCUT2D eigenvalue weighted by molar-refractivity contribution is 0.864. The number of aromatic amines is 1. The molecule has 0 saturated heterocycles. The molecule has 0 aliphatic heterocycles. The van der Waals surface area contributed by atoms with Crippen molar-refractivity contribution in [3.05, 3.63) is 44.8 Å². The predicted octanol–water partition coefficient (Wildman–Crippen LogP) is 1.96. The Hall–Kier alpha value is -2.15. The number of aryl methyl sites for hydroxylation is 1. The summed E-state index contributed by atoms with van der Waals surface area (Å²) in [6.45, 7) is 3.85. The van der Waals surface area contributed by atoms with Crippen molar-refractivity contribution >= 4 is 22.8 Å². The van der Waals surface area contributed by atoms with Crippen LogP contribution in [0.2, 0.25) is 0 Å². The average Bonchev–Trinajstić information content (AvgIpc) is 2.99. The quantitative estimate of drug-likeness (QED) is 0.766. The molecule has 0 spiro atoms. The molecule has 19 heavy (non-hydrogen) atoms. The Balaban J connectivity index is 1.95. The molecule has 1 unspecified atom stereocenters. The van der Waals surface area contributed by atoms with Gasteiger partial charge in [-0.2, -0.15) is 16.4 Å². The fraction of sp³-hybridized carbons (Fsp3) is 0.250. The minimum atomic E-state index is -0.266. The molecular weight excluding hydrogens is 262 g/mol. The summed E-state index contributed by atoms with van der Waals surface area (Å²) in [6, 6.07) is 3.99. The van der Waals surface area contributed by atoms with Gasteiger partial charge in [-0.05, 0) is 36.2 Å². The van der Waals surface area contributed by atoms with E-state index in [0.717, 1.165) is 0 Å². The lowest BCUT2D eigenvalue weighted by atomic mass is 10.2. The van der Waals surface area contributed by atoms with E-state index in [-0.39, 0.29) is 11.7 Å². The predicted molar refractivity (Wildman–Crippen MR) is 74.7 cm³/mol. The zero-order valence-corrected chi connectivity index (χ0v) is 11.4. The minimum absolute atomic E-state index is 0.159. The second-order valence-electron chi connectivity index (χ2n) is 4.33. The van der Waals surface area contributed by atoms with Crippen molar-refractivity contribution in [2.45, 2.75) is 19.9 Å². The lowest BCUT2D eigenvalue weighted by Crippen LogP contribution is -2.15. The normalized spacial score (nSPS) is 12.7. The highest BCUT2D eigenvalue weighted by Gasteiger charge is 2.10. The highest BCUT2D eigenvalue weighted by Crippen LogP contribution is 2.20. The first-order chi connectivity index (χ1) is 9.15. The van der Waals surface area contributed by atoms with Gasteiger partial charge in [-0.25, -0.2) is 19.3 Å². The van der Waals surface area contributed by atoms with Crippen LogP contribution in [0.5, 0.6) is 0 Å². The summed E-state index contributed by atoms with van der Waals surface area (Å²) in [6.07, 6.45) is 0. The molecule has 0 fully saturated rings. The second-order valence-corrected chi connectivity index (χ2v) is 5.11. The molecule has 7 heteroatoms. The standard InChI is InChI=1S/C12H13N5OS/c1-7(9-3-4-19-6-9)13-10-5-11-15-16-12(18)17(11)8(2)14-10/h3-7,13H,1-2H3,(H,16,18). The van der Waals surface area contributed by atoms with Gasteiger partial charge in [0.1, 0.15) is 11.6 Å². The van der Waals surface area contributed by atoms with Crippen LogP contribution in [0.1, 0.15) is 24.4 Å². The van der Waals surface area contributed by atoms with Crippen LogP contribution >= 0.6 is 11.3 Å². The summed E-state index contributed by atoms with van der Waals surface area (Å²) in [5.74, 6) is 1.32. The van der Waals surface area contributed by atoms with E-state index < -0.39 is 0 Å². The van der Waals surface area contributed by atoms with Gasteiger partial charge in [-0.15, -0.1) is 0 Å². The number of H-pyrrole nitrogens is 1. The SMILES string of the molecule is Cc1nc(NC(C)c2ccsc2)cc2n[nH]c(=O)n12. The van der Waals surface area contributed by atoms with Gasteiger partial charge < -0.3 is 5.32 Å². The zero-order valence-electron chi connectivity index (χ0n) is 10.5. The number of nitrogens with one attached hydrogen (secondary N) is 2. The Labute approximate surface area is 113 Å². The van der Waals surface area contributed by atoms with Crippen molar-refractivity contribution in [2.24, 2.45) is 0 Å². The summed E-state index contributed by atoms with van der Waals surface area (Å²) >= 11 is 1.66. The van der Waals surface area contributed by atoms with Crippen molar-refractivity contribution in [1.29, 1.82) is 0 Å². The molecule has 0 saturated carbocycles. The first-order valence-corrected chi connectivity index (χ1v) is 6.83. The third-order valence-corrected chi connectivity index (χ3v) is 3.68. The molecular formula is C12H13N5OS. The minimum Gasteiger partial charge on any atom is -0.363 e. The maximum absolute atomic E-state index is 11.5. The Morgan fingerprint density at radius 1 is 1.53 bits per heavy atom. The highest BCUT2D eigenvalue weighted by atomic mass is 32.1. The molecule has 0 aromatic carbocycles. The largest absolute Gasteiger partial charge is 0.363 e. The van der Waals surface area contributed by atoms with Gasteiger partial charge in [0.05, 0.1) is 6.04 Å². The summed E-state index contributed by atoms with van der Waals surface area (Å²) in [7, 11) is 0. The molecule has 0 bridgehead atoms. The van der Waals surface area contributed by atoms with Crippen molar-refractivity contribution in [1.82, 2.24) is 19.6 Å². The van der Waals surface area contributed by atoms with Gasteiger partial charge >= 0.3 is 5.69 Å². The molecule has 3 rings (SSSR count). The summed E-state index contributed by atoms with van der Waals surface area (Å²) in [4.78, 5) is 15.9. The number of anilines is 1. The summed E-state index contributed by atoms with van der Waals surface area (Å²) < 4.78 is 1.44. The van der Waals surface area contributed by atoms with Crippen LogP contribution in [-0.2, 0) is 0 Å². The molecule has 6 nitrogen and oxygen atoms in total. The molecule has 0 radical (unpaired) electrons. The monoisotopic (exact) mass is 275 g/mol. The summed E-state index contributed by atoms with van der Waals surface area (Å²) in [5, 5.41) is 13.8. The smallest absolute Gasteiger partial charge is 0.349 e. The first-order valence-electron chi connectivity index (χ1n) is 5.88. The van der Waals surface area contributed by atoms with Crippen molar-refractivity contribution < 1.29 is 0 Å². The Kier molecular flexibility index (Phi) is 2.83.